The van der Waals surface area contributed by atoms with Crippen LogP contribution in [0.25, 0.3) is 11.4 Å². The predicted octanol–water partition coefficient (Wildman–Crippen LogP) is 2.19. The first kappa shape index (κ1) is 13.5. The molecule has 1 saturated carbocycles. The largest absolute Gasteiger partial charge is 0.338 e. The molecule has 0 aromatic carbocycles. The summed E-state index contributed by atoms with van der Waals surface area (Å²) in [7, 11) is 0. The minimum atomic E-state index is 0. The average Bonchev–Trinajstić information content (AvgIpc) is 3.14. The van der Waals surface area contributed by atoms with Crippen LogP contribution in [0, 0.1) is 5.92 Å². The van der Waals surface area contributed by atoms with E-state index in [4.69, 9.17) is 4.52 Å². The molecule has 1 aliphatic carbocycles. The quantitative estimate of drug-likeness (QED) is 0.919. The van der Waals surface area contributed by atoms with Gasteiger partial charge in [0.1, 0.15) is 0 Å². The van der Waals surface area contributed by atoms with Gasteiger partial charge >= 0.3 is 0 Å². The lowest BCUT2D eigenvalue weighted by Gasteiger charge is -2.22. The van der Waals surface area contributed by atoms with Crippen molar-refractivity contribution in [2.75, 3.05) is 13.1 Å². The number of hydrogen-bond donors (Lipinski definition) is 1. The van der Waals surface area contributed by atoms with Crippen molar-refractivity contribution < 1.29 is 4.52 Å². The minimum absolute atomic E-state index is 0. The third kappa shape index (κ3) is 1.93. The molecule has 2 fully saturated rings. The molecule has 4 rings (SSSR count). The highest BCUT2D eigenvalue weighted by atomic mass is 35.5. The molecule has 2 atom stereocenters. The van der Waals surface area contributed by atoms with E-state index >= 15 is 0 Å². The first-order valence-corrected chi connectivity index (χ1v) is 6.84. The van der Waals surface area contributed by atoms with Crippen LogP contribution in [-0.2, 0) is 5.41 Å². The molecule has 1 N–H and O–H groups in total. The van der Waals surface area contributed by atoms with Crippen LogP contribution in [0.2, 0.25) is 0 Å². The molecule has 0 radical (unpaired) electrons. The zero-order valence-corrected chi connectivity index (χ0v) is 11.9. The zero-order chi connectivity index (χ0) is 12.7. The Bertz CT molecular complexity index is 576. The first-order valence-electron chi connectivity index (χ1n) is 6.84. The monoisotopic (exact) mass is 292 g/mol. The Hall–Kier alpha value is -1.46. The van der Waals surface area contributed by atoms with Crippen molar-refractivity contribution in [3.05, 3.63) is 30.4 Å². The van der Waals surface area contributed by atoms with Crippen LogP contribution in [0.15, 0.2) is 29.0 Å². The normalized spacial score (nSPS) is 28.1. The first-order chi connectivity index (χ1) is 9.38. The number of fused-ring (bicyclic) bond motifs is 1. The van der Waals surface area contributed by atoms with E-state index in [1.807, 2.05) is 12.1 Å². The fourth-order valence-corrected chi connectivity index (χ4v) is 3.55. The van der Waals surface area contributed by atoms with Crippen LogP contribution < -0.4 is 5.32 Å². The summed E-state index contributed by atoms with van der Waals surface area (Å²) in [5.74, 6) is 2.13. The van der Waals surface area contributed by atoms with Crippen molar-refractivity contribution in [2.45, 2.75) is 24.7 Å². The minimum Gasteiger partial charge on any atom is -0.338 e. The number of halogens is 1. The van der Waals surface area contributed by atoms with E-state index in [1.165, 1.54) is 12.8 Å². The van der Waals surface area contributed by atoms with Gasteiger partial charge in [-0.15, -0.1) is 12.4 Å². The van der Waals surface area contributed by atoms with Gasteiger partial charge < -0.3 is 9.84 Å². The summed E-state index contributed by atoms with van der Waals surface area (Å²) in [4.78, 5) is 8.66. The van der Waals surface area contributed by atoms with E-state index in [0.717, 1.165) is 31.0 Å². The van der Waals surface area contributed by atoms with Crippen molar-refractivity contribution in [2.24, 2.45) is 5.92 Å². The summed E-state index contributed by atoms with van der Waals surface area (Å²) < 4.78 is 5.59. The Morgan fingerprint density at radius 1 is 1.30 bits per heavy atom. The molecule has 3 heterocycles. The highest BCUT2D eigenvalue weighted by Crippen LogP contribution is 2.47. The fraction of sp³-hybridized carbons (Fsp3) is 0.500. The SMILES string of the molecule is Cl.c1cc(-c2noc([C@@]34CCC[C@@H]3CNC4)n2)ccn1. The van der Waals surface area contributed by atoms with Gasteiger partial charge in [0.25, 0.3) is 0 Å². The summed E-state index contributed by atoms with van der Waals surface area (Å²) in [5.41, 5.74) is 1.04. The summed E-state index contributed by atoms with van der Waals surface area (Å²) in [6.45, 7) is 2.04. The van der Waals surface area contributed by atoms with E-state index in [9.17, 15) is 0 Å². The highest BCUT2D eigenvalue weighted by molar-refractivity contribution is 5.85. The number of pyridine rings is 1. The lowest BCUT2D eigenvalue weighted by molar-refractivity contribution is 0.265. The van der Waals surface area contributed by atoms with Crippen molar-refractivity contribution in [3.8, 4) is 11.4 Å². The molecule has 1 saturated heterocycles. The number of hydrogen-bond acceptors (Lipinski definition) is 5. The molecular formula is C14H17ClN4O. The van der Waals surface area contributed by atoms with E-state index in [2.05, 4.69) is 20.4 Å². The van der Waals surface area contributed by atoms with Crippen molar-refractivity contribution in [1.29, 1.82) is 0 Å². The molecule has 106 valence electrons. The lowest BCUT2D eigenvalue weighted by Crippen LogP contribution is -2.31. The molecule has 1 aliphatic heterocycles. The topological polar surface area (TPSA) is 63.8 Å². The molecule has 0 spiro atoms. The van der Waals surface area contributed by atoms with Gasteiger partial charge in [-0.2, -0.15) is 4.98 Å². The van der Waals surface area contributed by atoms with Crippen molar-refractivity contribution in [3.63, 3.8) is 0 Å². The second kappa shape index (κ2) is 5.14. The maximum Gasteiger partial charge on any atom is 0.234 e. The zero-order valence-electron chi connectivity index (χ0n) is 11.1. The van der Waals surface area contributed by atoms with Gasteiger partial charge in [-0.25, -0.2) is 0 Å². The smallest absolute Gasteiger partial charge is 0.234 e. The Labute approximate surface area is 123 Å². The van der Waals surface area contributed by atoms with Crippen LogP contribution in [0.4, 0.5) is 0 Å². The number of rotatable bonds is 2. The second-order valence-corrected chi connectivity index (χ2v) is 5.54. The maximum atomic E-state index is 5.59. The summed E-state index contributed by atoms with van der Waals surface area (Å²) in [6, 6.07) is 3.82. The van der Waals surface area contributed by atoms with Gasteiger partial charge in [-0.05, 0) is 37.4 Å². The number of aromatic nitrogens is 3. The van der Waals surface area contributed by atoms with Crippen LogP contribution in [0.5, 0.6) is 0 Å². The third-order valence-electron chi connectivity index (χ3n) is 4.58. The standard InChI is InChI=1S/C14H16N4O.ClH/c1-2-11-8-16-9-14(11,5-1)13-17-12(18-19-13)10-3-6-15-7-4-10;/h3-4,6-7,11,16H,1-2,5,8-9H2;1H/t11-,14-;/m1./s1. The molecule has 2 aromatic heterocycles. The Kier molecular flexibility index (Phi) is 3.48. The second-order valence-electron chi connectivity index (χ2n) is 5.54. The van der Waals surface area contributed by atoms with Gasteiger partial charge in [0, 0.05) is 24.5 Å². The van der Waals surface area contributed by atoms with Gasteiger partial charge in [-0.1, -0.05) is 11.6 Å². The molecule has 2 aliphatic rings. The Morgan fingerprint density at radius 2 is 2.15 bits per heavy atom. The van der Waals surface area contributed by atoms with Crippen LogP contribution in [0.3, 0.4) is 0 Å². The van der Waals surface area contributed by atoms with Crippen molar-refractivity contribution in [1.82, 2.24) is 20.4 Å². The van der Waals surface area contributed by atoms with Crippen LogP contribution >= 0.6 is 12.4 Å². The summed E-state index contributed by atoms with van der Waals surface area (Å²) >= 11 is 0. The highest BCUT2D eigenvalue weighted by Gasteiger charge is 2.51. The molecule has 0 amide bonds. The number of nitrogens with zero attached hydrogens (tertiary/aromatic N) is 3. The van der Waals surface area contributed by atoms with E-state index in [1.54, 1.807) is 12.4 Å². The molecule has 6 heteroatoms. The molecule has 2 aromatic rings. The molecule has 0 unspecified atom stereocenters. The summed E-state index contributed by atoms with van der Waals surface area (Å²) in [5, 5.41) is 7.62. The van der Waals surface area contributed by atoms with Crippen molar-refractivity contribution >= 4 is 12.4 Å². The van der Waals surface area contributed by atoms with Gasteiger partial charge in [0.2, 0.25) is 11.7 Å². The van der Waals surface area contributed by atoms with E-state index in [0.29, 0.717) is 11.7 Å². The van der Waals surface area contributed by atoms with E-state index < -0.39 is 0 Å². The fourth-order valence-electron chi connectivity index (χ4n) is 3.55. The van der Waals surface area contributed by atoms with Gasteiger partial charge in [-0.3, -0.25) is 4.98 Å². The Balaban J connectivity index is 0.00000121. The van der Waals surface area contributed by atoms with Gasteiger partial charge in [0.15, 0.2) is 0 Å². The van der Waals surface area contributed by atoms with Crippen LogP contribution in [0.1, 0.15) is 25.2 Å². The molecule has 20 heavy (non-hydrogen) atoms. The van der Waals surface area contributed by atoms with Crippen LogP contribution in [-0.4, -0.2) is 28.2 Å². The molecule has 0 bridgehead atoms. The summed E-state index contributed by atoms with van der Waals surface area (Å²) in [6.07, 6.45) is 7.18. The average molecular weight is 293 g/mol. The maximum absolute atomic E-state index is 5.59. The molecule has 5 nitrogen and oxygen atoms in total. The molecular weight excluding hydrogens is 276 g/mol. The van der Waals surface area contributed by atoms with E-state index in [-0.39, 0.29) is 17.8 Å². The van der Waals surface area contributed by atoms with Gasteiger partial charge in [0.05, 0.1) is 5.41 Å². The predicted molar refractivity (Wildman–Crippen MR) is 76.7 cm³/mol. The number of nitrogens with one attached hydrogen (secondary N) is 1. The third-order valence-corrected chi connectivity index (χ3v) is 4.58. The Morgan fingerprint density at radius 3 is 3.00 bits per heavy atom. The lowest BCUT2D eigenvalue weighted by atomic mass is 9.80.